The minimum Gasteiger partial charge on any atom is -0.367 e. The van der Waals surface area contributed by atoms with Crippen molar-refractivity contribution >= 4 is 39.5 Å². The molecule has 0 aromatic carbocycles. The quantitative estimate of drug-likeness (QED) is 0.335. The summed E-state index contributed by atoms with van der Waals surface area (Å²) < 4.78 is 16.0. The molecule has 1 amide bonds. The summed E-state index contributed by atoms with van der Waals surface area (Å²) in [6.45, 7) is 5.48. The van der Waals surface area contributed by atoms with Crippen molar-refractivity contribution in [2.24, 2.45) is 0 Å². The van der Waals surface area contributed by atoms with E-state index in [-0.39, 0.29) is 22.5 Å². The predicted molar refractivity (Wildman–Crippen MR) is 139 cm³/mol. The number of piperazine rings is 1. The molecule has 0 bridgehead atoms. The maximum absolute atomic E-state index is 16.0. The molecule has 0 spiro atoms. The Morgan fingerprint density at radius 2 is 1.97 bits per heavy atom. The molecule has 5 aromatic heterocycles. The van der Waals surface area contributed by atoms with Crippen LogP contribution in [0.3, 0.4) is 0 Å². The molecule has 37 heavy (non-hydrogen) atoms. The van der Waals surface area contributed by atoms with Crippen LogP contribution in [0.25, 0.3) is 44.8 Å². The van der Waals surface area contributed by atoms with Gasteiger partial charge in [-0.15, -0.1) is 0 Å². The fraction of sp³-hybridized carbons (Fsp3) is 0.280. The number of halogens is 1. The zero-order valence-electron chi connectivity index (χ0n) is 20.4. The van der Waals surface area contributed by atoms with Gasteiger partial charge in [0.15, 0.2) is 17.1 Å². The Morgan fingerprint density at radius 3 is 2.78 bits per heavy atom. The zero-order valence-corrected chi connectivity index (χ0v) is 20.4. The number of carbonyl (C=O) groups excluding carboxylic acids is 1. The van der Waals surface area contributed by atoms with Crippen LogP contribution in [-0.2, 0) is 4.79 Å². The van der Waals surface area contributed by atoms with Gasteiger partial charge in [-0.3, -0.25) is 14.9 Å². The molecule has 3 N–H and O–H groups in total. The number of imidazole rings is 1. The van der Waals surface area contributed by atoms with Gasteiger partial charge in [-0.1, -0.05) is 6.92 Å². The highest BCUT2D eigenvalue weighted by Crippen LogP contribution is 2.34. The lowest BCUT2D eigenvalue weighted by atomic mass is 10.1. The molecular formula is C25H25FN10O. The Morgan fingerprint density at radius 1 is 1.14 bits per heavy atom. The third kappa shape index (κ3) is 4.14. The van der Waals surface area contributed by atoms with E-state index in [0.29, 0.717) is 34.8 Å². The Bertz CT molecular complexity index is 1620. The summed E-state index contributed by atoms with van der Waals surface area (Å²) in [4.78, 5) is 37.3. The van der Waals surface area contributed by atoms with Crippen LogP contribution < -0.4 is 10.2 Å². The summed E-state index contributed by atoms with van der Waals surface area (Å²) in [6.07, 6.45) is 6.53. The molecule has 1 saturated heterocycles. The first-order valence-electron chi connectivity index (χ1n) is 12.1. The molecule has 0 aliphatic carbocycles. The smallest absolute Gasteiger partial charge is 0.224 e. The third-order valence-electron chi connectivity index (χ3n) is 6.62. The van der Waals surface area contributed by atoms with Gasteiger partial charge in [0.1, 0.15) is 17.0 Å². The van der Waals surface area contributed by atoms with Gasteiger partial charge in [0.2, 0.25) is 5.91 Å². The van der Waals surface area contributed by atoms with Gasteiger partial charge in [-0.25, -0.2) is 19.3 Å². The van der Waals surface area contributed by atoms with Crippen molar-refractivity contribution in [3.8, 4) is 22.6 Å². The van der Waals surface area contributed by atoms with Gasteiger partial charge in [-0.2, -0.15) is 5.10 Å². The lowest BCUT2D eigenvalue weighted by molar-refractivity contribution is -0.115. The average molecular weight is 501 g/mol. The number of nitrogens with zero attached hydrogens (tertiary/aromatic N) is 7. The van der Waals surface area contributed by atoms with Crippen LogP contribution in [0.15, 0.2) is 36.9 Å². The average Bonchev–Trinajstić information content (AvgIpc) is 3.54. The van der Waals surface area contributed by atoms with Crippen LogP contribution in [0.1, 0.15) is 13.3 Å². The molecule has 1 fully saturated rings. The van der Waals surface area contributed by atoms with Gasteiger partial charge in [0.25, 0.3) is 0 Å². The maximum Gasteiger partial charge on any atom is 0.224 e. The number of H-pyrrole nitrogens is 2. The number of hydrogen-bond acceptors (Lipinski definition) is 8. The van der Waals surface area contributed by atoms with Crippen molar-refractivity contribution in [1.29, 1.82) is 0 Å². The summed E-state index contributed by atoms with van der Waals surface area (Å²) in [5.74, 6) is -0.242. The number of rotatable bonds is 5. The zero-order chi connectivity index (χ0) is 25.5. The molecule has 1 aliphatic heterocycles. The lowest BCUT2D eigenvalue weighted by Crippen LogP contribution is -2.44. The normalized spacial score (nSPS) is 14.5. The summed E-state index contributed by atoms with van der Waals surface area (Å²) in [7, 11) is 2.11. The molecule has 0 radical (unpaired) electrons. The Labute approximate surface area is 211 Å². The minimum atomic E-state index is -0.512. The Hall–Kier alpha value is -4.45. The molecule has 6 rings (SSSR count). The fourth-order valence-corrected chi connectivity index (χ4v) is 4.56. The minimum absolute atomic E-state index is 0.153. The van der Waals surface area contributed by atoms with E-state index in [2.05, 4.69) is 57.3 Å². The number of aromatic amines is 2. The van der Waals surface area contributed by atoms with E-state index < -0.39 is 5.82 Å². The second-order valence-corrected chi connectivity index (χ2v) is 9.05. The number of aromatic nitrogens is 7. The number of carbonyl (C=O) groups is 1. The van der Waals surface area contributed by atoms with Gasteiger partial charge in [-0.05, 0) is 19.2 Å². The first-order chi connectivity index (χ1) is 18.0. The van der Waals surface area contributed by atoms with E-state index in [4.69, 9.17) is 0 Å². The highest BCUT2D eigenvalue weighted by atomic mass is 19.1. The van der Waals surface area contributed by atoms with Crippen molar-refractivity contribution in [3.05, 3.63) is 42.7 Å². The van der Waals surface area contributed by atoms with Crippen LogP contribution in [0.4, 0.5) is 15.8 Å². The molecule has 12 heteroatoms. The van der Waals surface area contributed by atoms with Gasteiger partial charge < -0.3 is 20.1 Å². The number of pyridine rings is 3. The van der Waals surface area contributed by atoms with E-state index in [9.17, 15) is 4.79 Å². The third-order valence-corrected chi connectivity index (χ3v) is 6.62. The van der Waals surface area contributed by atoms with Crippen LogP contribution in [-0.4, -0.2) is 79.2 Å². The fourth-order valence-electron chi connectivity index (χ4n) is 4.56. The van der Waals surface area contributed by atoms with Crippen molar-refractivity contribution in [3.63, 3.8) is 0 Å². The van der Waals surface area contributed by atoms with Gasteiger partial charge >= 0.3 is 0 Å². The maximum atomic E-state index is 16.0. The number of anilines is 2. The molecule has 5 aromatic rings. The largest absolute Gasteiger partial charge is 0.367 e. The Kier molecular flexibility index (Phi) is 5.72. The molecule has 0 saturated carbocycles. The van der Waals surface area contributed by atoms with E-state index in [1.165, 1.54) is 18.6 Å². The standard InChI is InChI=1S/C25H25FN10O/c1-3-18(37)30-15-10-14(11-27-12-15)16-13-29-23-19(20(16)26)22(33-34-23)25-31-21-17(4-5-28-24(21)32-25)36-8-6-35(2)7-9-36/h4-5,10-13H,3,6-9H2,1-2H3,(H,30,37)(H,28,31,32)(H,29,33,34). The summed E-state index contributed by atoms with van der Waals surface area (Å²) >= 11 is 0. The summed E-state index contributed by atoms with van der Waals surface area (Å²) in [6, 6.07) is 3.64. The highest BCUT2D eigenvalue weighted by molar-refractivity contribution is 5.96. The van der Waals surface area contributed by atoms with Crippen LogP contribution in [0.5, 0.6) is 0 Å². The number of amides is 1. The molecular weight excluding hydrogens is 475 g/mol. The Balaban J connectivity index is 1.42. The SMILES string of the molecule is CCC(=O)Nc1cncc(-c2cnc3n[nH]c(-c4nc5nccc(N6CCN(C)CC6)c5[nH]4)c3c2F)c1. The molecule has 188 valence electrons. The molecule has 11 nitrogen and oxygen atoms in total. The first-order valence-corrected chi connectivity index (χ1v) is 12.1. The highest BCUT2D eigenvalue weighted by Gasteiger charge is 2.23. The van der Waals surface area contributed by atoms with E-state index in [1.54, 1.807) is 19.2 Å². The van der Waals surface area contributed by atoms with Crippen molar-refractivity contribution in [2.45, 2.75) is 13.3 Å². The number of hydrogen-bond donors (Lipinski definition) is 3. The first kappa shape index (κ1) is 23.0. The van der Waals surface area contributed by atoms with E-state index in [1.807, 2.05) is 6.07 Å². The van der Waals surface area contributed by atoms with Crippen molar-refractivity contribution < 1.29 is 9.18 Å². The van der Waals surface area contributed by atoms with Crippen LogP contribution in [0, 0.1) is 5.82 Å². The van der Waals surface area contributed by atoms with Gasteiger partial charge in [0.05, 0.1) is 23.0 Å². The predicted octanol–water partition coefficient (Wildman–Crippen LogP) is 3.20. The summed E-state index contributed by atoms with van der Waals surface area (Å²) in [5, 5.41) is 10.1. The van der Waals surface area contributed by atoms with Crippen LogP contribution >= 0.6 is 0 Å². The topological polar surface area (TPSA) is 132 Å². The van der Waals surface area contributed by atoms with Crippen molar-refractivity contribution in [2.75, 3.05) is 43.4 Å². The lowest BCUT2D eigenvalue weighted by Gasteiger charge is -2.34. The summed E-state index contributed by atoms with van der Waals surface area (Å²) in [5.41, 5.74) is 4.16. The molecule has 0 unspecified atom stereocenters. The molecule has 1 aliphatic rings. The number of nitrogens with one attached hydrogen (secondary N) is 3. The second kappa shape index (κ2) is 9.21. The molecule has 0 atom stereocenters. The second-order valence-electron chi connectivity index (χ2n) is 9.05. The van der Waals surface area contributed by atoms with Crippen molar-refractivity contribution in [1.82, 2.24) is 40.0 Å². The van der Waals surface area contributed by atoms with E-state index >= 15 is 4.39 Å². The monoisotopic (exact) mass is 500 g/mol. The van der Waals surface area contributed by atoms with E-state index in [0.717, 1.165) is 37.4 Å². The van der Waals surface area contributed by atoms with Gasteiger partial charge in [0, 0.05) is 62.3 Å². The molecule has 6 heterocycles. The van der Waals surface area contributed by atoms with Crippen LogP contribution in [0.2, 0.25) is 0 Å². The number of fused-ring (bicyclic) bond motifs is 2. The number of likely N-dealkylation sites (N-methyl/N-ethyl adjacent to an activating group) is 1.